The second-order valence-corrected chi connectivity index (χ2v) is 2.48. The van der Waals surface area contributed by atoms with Gasteiger partial charge in [0, 0.05) is 13.7 Å². The molecule has 0 aliphatic carbocycles. The van der Waals surface area contributed by atoms with Crippen LogP contribution in [-0.2, 0) is 4.74 Å². The Balaban J connectivity index is 2.56. The van der Waals surface area contributed by atoms with Gasteiger partial charge in [0.1, 0.15) is 5.82 Å². The first kappa shape index (κ1) is 9.66. The Bertz CT molecular complexity index is 257. The van der Waals surface area contributed by atoms with Crippen molar-refractivity contribution in [1.82, 2.24) is 15.0 Å². The zero-order chi connectivity index (χ0) is 9.68. The predicted molar refractivity (Wildman–Crippen MR) is 49.3 cm³/mol. The van der Waals surface area contributed by atoms with Crippen LogP contribution >= 0.6 is 0 Å². The molecular formula is C7H13N5O. The lowest BCUT2D eigenvalue weighted by atomic mass is 10.6. The third-order valence-corrected chi connectivity index (χ3v) is 1.35. The SMILES string of the molecule is COCCNc1nc(C)nc(N)n1. The number of nitrogens with zero attached hydrogens (tertiary/aromatic N) is 3. The number of hydrogen-bond acceptors (Lipinski definition) is 6. The van der Waals surface area contributed by atoms with Crippen LogP contribution in [0.1, 0.15) is 5.82 Å². The average Bonchev–Trinajstić information content (AvgIpc) is 2.03. The van der Waals surface area contributed by atoms with E-state index in [4.69, 9.17) is 10.5 Å². The molecule has 1 aromatic heterocycles. The summed E-state index contributed by atoms with van der Waals surface area (Å²) in [5, 5.41) is 2.96. The topological polar surface area (TPSA) is 86.0 Å². The Morgan fingerprint density at radius 3 is 2.77 bits per heavy atom. The normalized spacial score (nSPS) is 10.0. The van der Waals surface area contributed by atoms with Gasteiger partial charge in [0.15, 0.2) is 0 Å². The summed E-state index contributed by atoms with van der Waals surface area (Å²) in [5.74, 6) is 1.32. The molecule has 13 heavy (non-hydrogen) atoms. The summed E-state index contributed by atoms with van der Waals surface area (Å²) in [7, 11) is 1.63. The van der Waals surface area contributed by atoms with Gasteiger partial charge in [-0.3, -0.25) is 0 Å². The number of anilines is 2. The lowest BCUT2D eigenvalue weighted by Crippen LogP contribution is -2.12. The molecular weight excluding hydrogens is 170 g/mol. The molecule has 0 aromatic carbocycles. The molecule has 0 bridgehead atoms. The van der Waals surface area contributed by atoms with Crippen LogP contribution in [0.25, 0.3) is 0 Å². The van der Waals surface area contributed by atoms with Gasteiger partial charge in [-0.1, -0.05) is 0 Å². The maximum absolute atomic E-state index is 5.43. The maximum Gasteiger partial charge on any atom is 0.227 e. The van der Waals surface area contributed by atoms with Gasteiger partial charge in [-0.2, -0.15) is 15.0 Å². The van der Waals surface area contributed by atoms with Gasteiger partial charge in [-0.15, -0.1) is 0 Å². The molecule has 0 saturated heterocycles. The lowest BCUT2D eigenvalue weighted by molar-refractivity contribution is 0.210. The summed E-state index contributed by atoms with van der Waals surface area (Å²) < 4.78 is 4.86. The molecule has 72 valence electrons. The van der Waals surface area contributed by atoms with Gasteiger partial charge >= 0.3 is 0 Å². The summed E-state index contributed by atoms with van der Waals surface area (Å²) in [6.07, 6.45) is 0. The van der Waals surface area contributed by atoms with E-state index in [1.165, 1.54) is 0 Å². The number of nitrogens with two attached hydrogens (primary N) is 1. The second kappa shape index (κ2) is 4.56. The van der Waals surface area contributed by atoms with Crippen molar-refractivity contribution in [2.75, 3.05) is 31.3 Å². The highest BCUT2D eigenvalue weighted by Crippen LogP contribution is 2.00. The van der Waals surface area contributed by atoms with Crippen LogP contribution < -0.4 is 11.1 Å². The predicted octanol–water partition coefficient (Wildman–Crippen LogP) is -0.179. The minimum atomic E-state index is 0.229. The Morgan fingerprint density at radius 2 is 2.15 bits per heavy atom. The van der Waals surface area contributed by atoms with E-state index in [9.17, 15) is 0 Å². The number of ether oxygens (including phenoxy) is 1. The van der Waals surface area contributed by atoms with Crippen molar-refractivity contribution in [1.29, 1.82) is 0 Å². The zero-order valence-electron chi connectivity index (χ0n) is 7.74. The number of aryl methyl sites for hydroxylation is 1. The van der Waals surface area contributed by atoms with Crippen LogP contribution in [0.15, 0.2) is 0 Å². The molecule has 1 aromatic rings. The van der Waals surface area contributed by atoms with Crippen LogP contribution in [0.4, 0.5) is 11.9 Å². The highest BCUT2D eigenvalue weighted by Gasteiger charge is 1.98. The van der Waals surface area contributed by atoms with Gasteiger partial charge in [-0.25, -0.2) is 0 Å². The number of hydrogen-bond donors (Lipinski definition) is 2. The van der Waals surface area contributed by atoms with Crippen molar-refractivity contribution in [2.24, 2.45) is 0 Å². The summed E-state index contributed by atoms with van der Waals surface area (Å²) in [6.45, 7) is 3.02. The molecule has 0 aliphatic rings. The molecule has 6 nitrogen and oxygen atoms in total. The van der Waals surface area contributed by atoms with E-state index in [1.54, 1.807) is 14.0 Å². The third-order valence-electron chi connectivity index (χ3n) is 1.35. The molecule has 1 heterocycles. The number of nitrogens with one attached hydrogen (secondary N) is 1. The van der Waals surface area contributed by atoms with Gasteiger partial charge < -0.3 is 15.8 Å². The van der Waals surface area contributed by atoms with Crippen LogP contribution in [0, 0.1) is 6.92 Å². The molecule has 1 rings (SSSR count). The molecule has 0 amide bonds. The molecule has 0 spiro atoms. The van der Waals surface area contributed by atoms with Crippen molar-refractivity contribution in [3.05, 3.63) is 5.82 Å². The van der Waals surface area contributed by atoms with Crippen LogP contribution in [0.5, 0.6) is 0 Å². The molecule has 3 N–H and O–H groups in total. The van der Waals surface area contributed by atoms with Crippen LogP contribution in [0.3, 0.4) is 0 Å². The number of aromatic nitrogens is 3. The Labute approximate surface area is 76.6 Å². The quantitative estimate of drug-likeness (QED) is 0.630. The minimum absolute atomic E-state index is 0.229. The van der Waals surface area contributed by atoms with Gasteiger partial charge in [-0.05, 0) is 6.92 Å². The number of rotatable bonds is 4. The monoisotopic (exact) mass is 183 g/mol. The van der Waals surface area contributed by atoms with Crippen LogP contribution in [0.2, 0.25) is 0 Å². The molecule has 0 fully saturated rings. The Kier molecular flexibility index (Phi) is 3.39. The van der Waals surface area contributed by atoms with Crippen LogP contribution in [-0.4, -0.2) is 35.2 Å². The number of methoxy groups -OCH3 is 1. The summed E-state index contributed by atoms with van der Waals surface area (Å²) in [5.41, 5.74) is 5.43. The summed E-state index contributed by atoms with van der Waals surface area (Å²) in [4.78, 5) is 11.8. The first-order valence-electron chi connectivity index (χ1n) is 3.93. The largest absolute Gasteiger partial charge is 0.383 e. The lowest BCUT2D eigenvalue weighted by Gasteiger charge is -2.04. The van der Waals surface area contributed by atoms with Crippen molar-refractivity contribution in [3.8, 4) is 0 Å². The van der Waals surface area contributed by atoms with Gasteiger partial charge in [0.05, 0.1) is 6.61 Å². The van der Waals surface area contributed by atoms with E-state index in [1.807, 2.05) is 0 Å². The molecule has 6 heteroatoms. The van der Waals surface area contributed by atoms with E-state index in [2.05, 4.69) is 20.3 Å². The molecule has 0 radical (unpaired) electrons. The molecule has 0 aliphatic heterocycles. The number of nitrogen functional groups attached to an aromatic ring is 1. The van der Waals surface area contributed by atoms with Crippen molar-refractivity contribution < 1.29 is 4.74 Å². The first-order chi connectivity index (χ1) is 6.22. The highest BCUT2D eigenvalue weighted by molar-refractivity contribution is 5.30. The smallest absolute Gasteiger partial charge is 0.227 e. The minimum Gasteiger partial charge on any atom is -0.383 e. The molecule has 0 saturated carbocycles. The van der Waals surface area contributed by atoms with E-state index < -0.39 is 0 Å². The Hall–Kier alpha value is -1.43. The van der Waals surface area contributed by atoms with E-state index in [0.717, 1.165) is 0 Å². The second-order valence-electron chi connectivity index (χ2n) is 2.48. The van der Waals surface area contributed by atoms with Gasteiger partial charge in [0.2, 0.25) is 11.9 Å². The summed E-state index contributed by atoms with van der Waals surface area (Å²) in [6, 6.07) is 0. The Morgan fingerprint density at radius 1 is 1.38 bits per heavy atom. The average molecular weight is 183 g/mol. The molecule has 0 unspecified atom stereocenters. The fourth-order valence-electron chi connectivity index (χ4n) is 0.846. The molecule has 0 atom stereocenters. The van der Waals surface area contributed by atoms with Crippen molar-refractivity contribution in [3.63, 3.8) is 0 Å². The van der Waals surface area contributed by atoms with Crippen molar-refractivity contribution >= 4 is 11.9 Å². The fraction of sp³-hybridized carbons (Fsp3) is 0.571. The summed E-state index contributed by atoms with van der Waals surface area (Å²) >= 11 is 0. The third kappa shape index (κ3) is 3.20. The van der Waals surface area contributed by atoms with E-state index in [0.29, 0.717) is 24.9 Å². The van der Waals surface area contributed by atoms with Crippen molar-refractivity contribution in [2.45, 2.75) is 6.92 Å². The standard InChI is InChI=1S/C7H13N5O/c1-5-10-6(8)12-7(11-5)9-3-4-13-2/h3-4H2,1-2H3,(H3,8,9,10,11,12). The van der Waals surface area contributed by atoms with E-state index >= 15 is 0 Å². The highest BCUT2D eigenvalue weighted by atomic mass is 16.5. The maximum atomic E-state index is 5.43. The zero-order valence-corrected chi connectivity index (χ0v) is 7.74. The van der Waals surface area contributed by atoms with E-state index in [-0.39, 0.29) is 5.95 Å². The first-order valence-corrected chi connectivity index (χ1v) is 3.93. The van der Waals surface area contributed by atoms with Gasteiger partial charge in [0.25, 0.3) is 0 Å². The fourth-order valence-corrected chi connectivity index (χ4v) is 0.846.